The van der Waals surface area contributed by atoms with Gasteiger partial charge < -0.3 is 9.15 Å². The van der Waals surface area contributed by atoms with E-state index in [2.05, 4.69) is 36.2 Å². The summed E-state index contributed by atoms with van der Waals surface area (Å²) in [5.41, 5.74) is 2.32. The Morgan fingerprint density at radius 3 is 2.65 bits per heavy atom. The van der Waals surface area contributed by atoms with Crippen LogP contribution in [-0.2, 0) is 5.75 Å². The monoisotopic (exact) mass is 310 g/mol. The van der Waals surface area contributed by atoms with E-state index in [-0.39, 0.29) is 0 Å². The summed E-state index contributed by atoms with van der Waals surface area (Å²) < 4.78 is 11.3. The summed E-state index contributed by atoms with van der Waals surface area (Å²) in [4.78, 5) is 0. The molecule has 20 heavy (non-hydrogen) atoms. The fraction of sp³-hybridized carbons (Fsp3) is 0.429. The van der Waals surface area contributed by atoms with E-state index < -0.39 is 0 Å². The molecule has 0 unspecified atom stereocenters. The highest BCUT2D eigenvalue weighted by atomic mass is 32.2. The average molecular weight is 310 g/mol. The highest BCUT2D eigenvalue weighted by Gasteiger charge is 2.07. The lowest BCUT2D eigenvalue weighted by Crippen LogP contribution is -2.02. The molecule has 1 heterocycles. The van der Waals surface area contributed by atoms with Crippen molar-refractivity contribution in [2.24, 2.45) is 0 Å². The fourth-order valence-electron chi connectivity index (χ4n) is 1.78. The molecule has 0 saturated heterocycles. The zero-order chi connectivity index (χ0) is 14.4. The van der Waals surface area contributed by atoms with Gasteiger partial charge in [-0.3, -0.25) is 0 Å². The average Bonchev–Trinajstić information content (AvgIpc) is 2.85. The Kier molecular flexibility index (Phi) is 5.79. The van der Waals surface area contributed by atoms with Gasteiger partial charge in [-0.05, 0) is 31.2 Å². The molecule has 6 heteroatoms. The minimum Gasteiger partial charge on any atom is -0.492 e. The maximum atomic E-state index is 5.83. The molecule has 0 amide bonds. The van der Waals surface area contributed by atoms with Gasteiger partial charge in [0.1, 0.15) is 5.75 Å². The first-order chi connectivity index (χ1) is 9.70. The zero-order valence-corrected chi connectivity index (χ0v) is 13.5. The van der Waals surface area contributed by atoms with E-state index in [1.807, 2.05) is 12.3 Å². The van der Waals surface area contributed by atoms with Gasteiger partial charge in [-0.1, -0.05) is 30.0 Å². The molecule has 0 bridgehead atoms. The molecule has 0 aliphatic heterocycles. The first-order valence-corrected chi connectivity index (χ1v) is 8.71. The lowest BCUT2D eigenvalue weighted by Gasteiger charge is -2.10. The molecule has 4 nitrogen and oxygen atoms in total. The summed E-state index contributed by atoms with van der Waals surface area (Å²) in [6, 6.07) is 6.16. The molecule has 1 aromatic heterocycles. The lowest BCUT2D eigenvalue weighted by atomic mass is 10.1. The van der Waals surface area contributed by atoms with Crippen LogP contribution in [0.1, 0.15) is 17.0 Å². The summed E-state index contributed by atoms with van der Waals surface area (Å²) >= 11 is 3.19. The first kappa shape index (κ1) is 15.3. The topological polar surface area (TPSA) is 48.2 Å². The molecular formula is C14H18N2O2S2. The van der Waals surface area contributed by atoms with Crippen LogP contribution in [0.3, 0.4) is 0 Å². The SMILES string of the molecule is CSCc1nnc(SCCOc2c(C)cccc2C)o1. The van der Waals surface area contributed by atoms with Gasteiger partial charge in [0.25, 0.3) is 5.22 Å². The van der Waals surface area contributed by atoms with Gasteiger partial charge in [0.05, 0.1) is 12.4 Å². The van der Waals surface area contributed by atoms with Crippen LogP contribution in [0, 0.1) is 13.8 Å². The van der Waals surface area contributed by atoms with Crippen molar-refractivity contribution < 1.29 is 9.15 Å². The van der Waals surface area contributed by atoms with Crippen molar-refractivity contribution in [3.63, 3.8) is 0 Å². The van der Waals surface area contributed by atoms with Crippen LogP contribution < -0.4 is 4.74 Å². The Morgan fingerprint density at radius 2 is 1.95 bits per heavy atom. The maximum absolute atomic E-state index is 5.83. The zero-order valence-electron chi connectivity index (χ0n) is 11.9. The van der Waals surface area contributed by atoms with Crippen molar-refractivity contribution in [2.45, 2.75) is 24.8 Å². The molecule has 1 aromatic carbocycles. The molecule has 0 atom stereocenters. The van der Waals surface area contributed by atoms with Crippen LogP contribution in [0.5, 0.6) is 5.75 Å². The molecule has 108 valence electrons. The Labute approximate surface area is 127 Å². The molecular weight excluding hydrogens is 292 g/mol. The third-order valence-electron chi connectivity index (χ3n) is 2.68. The number of rotatable bonds is 7. The Morgan fingerprint density at radius 1 is 1.20 bits per heavy atom. The third-order valence-corrected chi connectivity index (χ3v) is 4.00. The van der Waals surface area contributed by atoms with Crippen LogP contribution >= 0.6 is 23.5 Å². The summed E-state index contributed by atoms with van der Waals surface area (Å²) in [6.07, 6.45) is 2.01. The van der Waals surface area contributed by atoms with E-state index in [0.29, 0.717) is 17.7 Å². The van der Waals surface area contributed by atoms with E-state index in [1.54, 1.807) is 11.8 Å². The van der Waals surface area contributed by atoms with E-state index in [0.717, 1.165) is 28.4 Å². The van der Waals surface area contributed by atoms with Gasteiger partial charge in [-0.2, -0.15) is 11.8 Å². The molecule has 0 aliphatic rings. The number of nitrogens with zero attached hydrogens (tertiary/aromatic N) is 2. The van der Waals surface area contributed by atoms with Crippen LogP contribution in [0.25, 0.3) is 0 Å². The smallest absolute Gasteiger partial charge is 0.276 e. The van der Waals surface area contributed by atoms with Crippen molar-refractivity contribution in [3.05, 3.63) is 35.2 Å². The van der Waals surface area contributed by atoms with Crippen molar-refractivity contribution in [3.8, 4) is 5.75 Å². The molecule has 2 aromatic rings. The molecule has 0 radical (unpaired) electrons. The predicted molar refractivity (Wildman–Crippen MR) is 83.7 cm³/mol. The number of benzene rings is 1. The van der Waals surface area contributed by atoms with Gasteiger partial charge in [0, 0.05) is 5.75 Å². The number of aryl methyl sites for hydroxylation is 2. The van der Waals surface area contributed by atoms with Crippen molar-refractivity contribution in [1.82, 2.24) is 10.2 Å². The minimum absolute atomic E-state index is 0.610. The third kappa shape index (κ3) is 4.18. The summed E-state index contributed by atoms with van der Waals surface area (Å²) in [5.74, 6) is 3.19. The van der Waals surface area contributed by atoms with Gasteiger partial charge in [-0.15, -0.1) is 10.2 Å². The van der Waals surface area contributed by atoms with E-state index >= 15 is 0 Å². The largest absolute Gasteiger partial charge is 0.492 e. The fourth-order valence-corrected chi connectivity index (χ4v) is 2.74. The van der Waals surface area contributed by atoms with Crippen molar-refractivity contribution >= 4 is 23.5 Å². The van der Waals surface area contributed by atoms with E-state index in [9.17, 15) is 0 Å². The number of para-hydroxylation sites is 1. The molecule has 2 rings (SSSR count). The molecule has 0 aliphatic carbocycles. The van der Waals surface area contributed by atoms with Crippen molar-refractivity contribution in [2.75, 3.05) is 18.6 Å². The van der Waals surface area contributed by atoms with Gasteiger partial charge in [0.2, 0.25) is 5.89 Å². The van der Waals surface area contributed by atoms with E-state index in [1.165, 1.54) is 11.8 Å². The van der Waals surface area contributed by atoms with Crippen LogP contribution in [0.15, 0.2) is 27.8 Å². The molecule has 0 N–H and O–H groups in total. The number of hydrogen-bond donors (Lipinski definition) is 0. The van der Waals surface area contributed by atoms with Gasteiger partial charge >= 0.3 is 0 Å². The molecule has 0 spiro atoms. The van der Waals surface area contributed by atoms with E-state index in [4.69, 9.17) is 9.15 Å². The second-order valence-electron chi connectivity index (χ2n) is 4.31. The Balaban J connectivity index is 1.78. The minimum atomic E-state index is 0.610. The summed E-state index contributed by atoms with van der Waals surface area (Å²) in [5, 5.41) is 8.57. The number of aromatic nitrogens is 2. The first-order valence-electron chi connectivity index (χ1n) is 6.34. The second kappa shape index (κ2) is 7.59. The standard InChI is InChI=1S/C14H18N2O2S2/c1-10-5-4-6-11(2)13(10)17-7-8-20-14-16-15-12(18-14)9-19-3/h4-6H,7-9H2,1-3H3. The van der Waals surface area contributed by atoms with Crippen LogP contribution in [-0.4, -0.2) is 28.8 Å². The predicted octanol–water partition coefficient (Wildman–Crippen LogP) is 3.72. The van der Waals surface area contributed by atoms with Crippen molar-refractivity contribution in [1.29, 1.82) is 0 Å². The summed E-state index contributed by atoms with van der Waals surface area (Å²) in [7, 11) is 0. The Hall–Kier alpha value is -1.14. The van der Waals surface area contributed by atoms with Crippen LogP contribution in [0.4, 0.5) is 0 Å². The normalized spacial score (nSPS) is 10.8. The summed E-state index contributed by atoms with van der Waals surface area (Å²) in [6.45, 7) is 4.74. The second-order valence-corrected chi connectivity index (χ2v) is 6.22. The maximum Gasteiger partial charge on any atom is 0.276 e. The van der Waals surface area contributed by atoms with Crippen LogP contribution in [0.2, 0.25) is 0 Å². The molecule has 0 fully saturated rings. The number of hydrogen-bond acceptors (Lipinski definition) is 6. The quantitative estimate of drug-likeness (QED) is 0.574. The lowest BCUT2D eigenvalue weighted by molar-refractivity contribution is 0.338. The highest BCUT2D eigenvalue weighted by molar-refractivity contribution is 7.99. The van der Waals surface area contributed by atoms with Gasteiger partial charge in [0.15, 0.2) is 0 Å². The number of thioether (sulfide) groups is 2. The number of ether oxygens (including phenoxy) is 1. The highest BCUT2D eigenvalue weighted by Crippen LogP contribution is 2.23. The van der Waals surface area contributed by atoms with Gasteiger partial charge in [-0.25, -0.2) is 0 Å². The Bertz CT molecular complexity index is 538. The molecule has 0 saturated carbocycles.